The van der Waals surface area contributed by atoms with Gasteiger partial charge in [-0.05, 0) is 47.7 Å². The molecule has 0 radical (unpaired) electrons. The molecule has 1 amide bonds. The van der Waals surface area contributed by atoms with Crippen molar-refractivity contribution in [3.8, 4) is 5.75 Å². The number of sulfonamides is 1. The van der Waals surface area contributed by atoms with Gasteiger partial charge in [-0.1, -0.05) is 32.9 Å². The molecule has 2 aromatic carbocycles. The number of halogens is 2. The van der Waals surface area contributed by atoms with Crippen molar-refractivity contribution in [2.24, 2.45) is 0 Å². The summed E-state index contributed by atoms with van der Waals surface area (Å²) in [5, 5.41) is 2.70. The van der Waals surface area contributed by atoms with Gasteiger partial charge in [-0.3, -0.25) is 9.52 Å². The molecule has 9 heteroatoms. The van der Waals surface area contributed by atoms with Crippen LogP contribution in [0.5, 0.6) is 5.75 Å². The predicted molar refractivity (Wildman–Crippen MR) is 120 cm³/mol. The lowest BCUT2D eigenvalue weighted by Crippen LogP contribution is -2.31. The Bertz CT molecular complexity index is 1180. The molecule has 172 valence electrons. The zero-order valence-corrected chi connectivity index (χ0v) is 19.4. The molecule has 6 nitrogen and oxygen atoms in total. The molecule has 1 aliphatic heterocycles. The SMILES string of the molecule is C[C@@H](NC(=O)C1=Cc2ccc(C(C)(C)C)cc2OC1)c1cc(F)c(NS(C)(=O)=O)c(F)c1. The van der Waals surface area contributed by atoms with Crippen LogP contribution in [0.3, 0.4) is 0 Å². The molecule has 0 aliphatic carbocycles. The van der Waals surface area contributed by atoms with Crippen molar-refractivity contribution in [1.29, 1.82) is 0 Å². The molecule has 1 heterocycles. The lowest BCUT2D eigenvalue weighted by Gasteiger charge is -2.24. The molecule has 2 N–H and O–H groups in total. The van der Waals surface area contributed by atoms with Gasteiger partial charge >= 0.3 is 0 Å². The number of amides is 1. The summed E-state index contributed by atoms with van der Waals surface area (Å²) < 4.78 is 58.7. The second-order valence-electron chi connectivity index (χ2n) is 8.89. The Morgan fingerprint density at radius 3 is 2.31 bits per heavy atom. The Hall–Kier alpha value is -2.94. The summed E-state index contributed by atoms with van der Waals surface area (Å²) in [5.41, 5.74) is 1.62. The molecule has 1 aliphatic rings. The first kappa shape index (κ1) is 23.7. The molecule has 3 rings (SSSR count). The maximum atomic E-state index is 14.3. The van der Waals surface area contributed by atoms with Gasteiger partial charge in [0.05, 0.1) is 17.9 Å². The molecule has 0 bridgehead atoms. The third kappa shape index (κ3) is 5.45. The zero-order valence-electron chi connectivity index (χ0n) is 18.5. The van der Waals surface area contributed by atoms with Crippen molar-refractivity contribution >= 4 is 27.7 Å². The monoisotopic (exact) mass is 464 g/mol. The number of nitrogens with one attached hydrogen (secondary N) is 2. The van der Waals surface area contributed by atoms with Crippen molar-refractivity contribution in [2.75, 3.05) is 17.6 Å². The van der Waals surface area contributed by atoms with Gasteiger partial charge in [0.25, 0.3) is 5.91 Å². The summed E-state index contributed by atoms with van der Waals surface area (Å²) in [5.74, 6) is -1.88. The molecule has 0 spiro atoms. The molecular weight excluding hydrogens is 438 g/mol. The number of hydrogen-bond acceptors (Lipinski definition) is 4. The third-order valence-corrected chi connectivity index (χ3v) is 5.66. The molecule has 0 fully saturated rings. The average Bonchev–Trinajstić information content (AvgIpc) is 2.68. The van der Waals surface area contributed by atoms with E-state index < -0.39 is 39.3 Å². The fourth-order valence-electron chi connectivity index (χ4n) is 3.26. The van der Waals surface area contributed by atoms with Gasteiger partial charge in [0.15, 0.2) is 11.6 Å². The van der Waals surface area contributed by atoms with Gasteiger partial charge in [0, 0.05) is 5.56 Å². The van der Waals surface area contributed by atoms with Crippen LogP contribution in [0, 0.1) is 11.6 Å². The Labute approximate surface area is 186 Å². The molecule has 0 unspecified atom stereocenters. The topological polar surface area (TPSA) is 84.5 Å². The van der Waals surface area contributed by atoms with Gasteiger partial charge < -0.3 is 10.1 Å². The molecule has 32 heavy (non-hydrogen) atoms. The zero-order chi connectivity index (χ0) is 23.8. The van der Waals surface area contributed by atoms with Crippen molar-refractivity contribution in [1.82, 2.24) is 5.32 Å². The van der Waals surface area contributed by atoms with E-state index in [1.54, 1.807) is 13.0 Å². The molecule has 0 aromatic heterocycles. The number of fused-ring (bicyclic) bond motifs is 1. The Morgan fingerprint density at radius 1 is 1.12 bits per heavy atom. The Balaban J connectivity index is 1.77. The normalized spacial score (nSPS) is 14.7. The summed E-state index contributed by atoms with van der Waals surface area (Å²) in [6.45, 7) is 7.94. The molecule has 0 saturated carbocycles. The van der Waals surface area contributed by atoms with E-state index in [0.717, 1.165) is 29.5 Å². The van der Waals surface area contributed by atoms with Crippen molar-refractivity contribution in [3.05, 3.63) is 64.2 Å². The minimum Gasteiger partial charge on any atom is -0.488 e. The van der Waals surface area contributed by atoms with E-state index in [1.165, 1.54) is 0 Å². The summed E-state index contributed by atoms with van der Waals surface area (Å²) in [7, 11) is -3.85. The number of rotatable bonds is 5. The average molecular weight is 465 g/mol. The maximum absolute atomic E-state index is 14.3. The molecule has 2 aromatic rings. The second-order valence-corrected chi connectivity index (χ2v) is 10.6. The van der Waals surface area contributed by atoms with E-state index in [0.29, 0.717) is 11.3 Å². The van der Waals surface area contributed by atoms with E-state index >= 15 is 0 Å². The highest BCUT2D eigenvalue weighted by molar-refractivity contribution is 7.92. The summed E-state index contributed by atoms with van der Waals surface area (Å²) in [6, 6.07) is 7.07. The predicted octanol–water partition coefficient (Wildman–Crippen LogP) is 4.29. The highest BCUT2D eigenvalue weighted by Crippen LogP contribution is 2.32. The minimum atomic E-state index is -3.85. The Morgan fingerprint density at radius 2 is 1.75 bits per heavy atom. The number of carbonyl (C=O) groups is 1. The van der Waals surface area contributed by atoms with E-state index in [2.05, 4.69) is 26.1 Å². The van der Waals surface area contributed by atoms with Crippen LogP contribution in [0.4, 0.5) is 14.5 Å². The highest BCUT2D eigenvalue weighted by atomic mass is 32.2. The van der Waals surface area contributed by atoms with Gasteiger partial charge in [-0.25, -0.2) is 17.2 Å². The van der Waals surface area contributed by atoms with Gasteiger partial charge in [0.1, 0.15) is 18.0 Å². The van der Waals surface area contributed by atoms with Crippen LogP contribution in [-0.4, -0.2) is 27.2 Å². The number of benzene rings is 2. The van der Waals surface area contributed by atoms with E-state index in [-0.39, 0.29) is 17.6 Å². The Kier molecular flexibility index (Phi) is 6.33. The lowest BCUT2D eigenvalue weighted by atomic mass is 9.86. The number of carbonyl (C=O) groups excluding carboxylic acids is 1. The minimum absolute atomic E-state index is 0.0356. The molecular formula is C23H26F2N2O4S. The van der Waals surface area contributed by atoms with Crippen LogP contribution in [0.1, 0.15) is 50.4 Å². The van der Waals surface area contributed by atoms with Gasteiger partial charge in [0.2, 0.25) is 10.0 Å². The van der Waals surface area contributed by atoms with E-state index in [1.807, 2.05) is 22.9 Å². The first-order valence-electron chi connectivity index (χ1n) is 10.00. The standard InChI is InChI=1S/C23H26F2N2O4S/c1-13(15-9-18(24)21(19(25)10-15)27-32(5,29)30)26-22(28)16-8-14-6-7-17(23(2,3)4)11-20(14)31-12-16/h6-11,13,27H,12H2,1-5H3,(H,26,28)/t13-/m1/s1. The van der Waals surface area contributed by atoms with Crippen molar-refractivity contribution in [2.45, 2.75) is 39.2 Å². The number of ether oxygens (including phenoxy) is 1. The number of anilines is 1. The highest BCUT2D eigenvalue weighted by Gasteiger charge is 2.23. The maximum Gasteiger partial charge on any atom is 0.251 e. The number of hydrogen-bond donors (Lipinski definition) is 2. The third-order valence-electron chi connectivity index (χ3n) is 5.08. The van der Waals surface area contributed by atoms with Gasteiger partial charge in [-0.15, -0.1) is 0 Å². The summed E-state index contributed by atoms with van der Waals surface area (Å²) in [6.07, 6.45) is 2.53. The fraction of sp³-hybridized carbons (Fsp3) is 0.348. The summed E-state index contributed by atoms with van der Waals surface area (Å²) in [4.78, 5) is 12.7. The van der Waals surface area contributed by atoms with Crippen LogP contribution >= 0.6 is 0 Å². The van der Waals surface area contributed by atoms with E-state index in [9.17, 15) is 22.0 Å². The quantitative estimate of drug-likeness (QED) is 0.692. The molecule has 0 saturated heterocycles. The first-order valence-corrected chi connectivity index (χ1v) is 11.9. The smallest absolute Gasteiger partial charge is 0.251 e. The second kappa shape index (κ2) is 8.54. The fourth-order valence-corrected chi connectivity index (χ4v) is 3.83. The first-order chi connectivity index (χ1) is 14.7. The lowest BCUT2D eigenvalue weighted by molar-refractivity contribution is -0.118. The van der Waals surface area contributed by atoms with Crippen LogP contribution in [0.2, 0.25) is 0 Å². The van der Waals surface area contributed by atoms with Crippen LogP contribution in [0.15, 0.2) is 35.9 Å². The van der Waals surface area contributed by atoms with Crippen LogP contribution in [0.25, 0.3) is 6.08 Å². The molecule has 1 atom stereocenters. The van der Waals surface area contributed by atoms with Crippen molar-refractivity contribution < 1.29 is 26.7 Å². The van der Waals surface area contributed by atoms with Gasteiger partial charge in [-0.2, -0.15) is 0 Å². The van der Waals surface area contributed by atoms with Crippen LogP contribution < -0.4 is 14.8 Å². The van der Waals surface area contributed by atoms with Crippen molar-refractivity contribution in [3.63, 3.8) is 0 Å². The largest absolute Gasteiger partial charge is 0.488 e. The van der Waals surface area contributed by atoms with E-state index in [4.69, 9.17) is 4.74 Å². The van der Waals surface area contributed by atoms with Crippen LogP contribution in [-0.2, 0) is 20.2 Å². The summed E-state index contributed by atoms with van der Waals surface area (Å²) >= 11 is 0.